The van der Waals surface area contributed by atoms with Crippen molar-refractivity contribution in [2.75, 3.05) is 49.8 Å². The number of para-hydroxylation sites is 1. The molecule has 0 aromatic heterocycles. The van der Waals surface area contributed by atoms with Crippen molar-refractivity contribution >= 4 is 17.4 Å². The van der Waals surface area contributed by atoms with Crippen LogP contribution in [0.2, 0.25) is 0 Å². The lowest BCUT2D eigenvalue weighted by Gasteiger charge is -2.30. The van der Waals surface area contributed by atoms with Crippen molar-refractivity contribution in [3.8, 4) is 0 Å². The fourth-order valence-corrected chi connectivity index (χ4v) is 3.07. The first kappa shape index (κ1) is 13.7. The molecule has 1 aromatic carbocycles. The van der Waals surface area contributed by atoms with Gasteiger partial charge in [-0.1, -0.05) is 18.2 Å². The first-order chi connectivity index (χ1) is 8.92. The van der Waals surface area contributed by atoms with Crippen LogP contribution in [0.25, 0.3) is 0 Å². The van der Waals surface area contributed by atoms with Gasteiger partial charge in [0.2, 0.25) is 0 Å². The van der Waals surface area contributed by atoms with Gasteiger partial charge < -0.3 is 15.0 Å². The summed E-state index contributed by atoms with van der Waals surface area (Å²) in [7, 11) is 1.74. The molecule has 0 bridgehead atoms. The van der Waals surface area contributed by atoms with Gasteiger partial charge >= 0.3 is 0 Å². The van der Waals surface area contributed by atoms with Gasteiger partial charge in [-0.3, -0.25) is 0 Å². The van der Waals surface area contributed by atoms with Crippen LogP contribution < -0.4 is 10.2 Å². The van der Waals surface area contributed by atoms with E-state index in [9.17, 15) is 0 Å². The van der Waals surface area contributed by atoms with E-state index >= 15 is 0 Å². The Morgan fingerprint density at radius 2 is 2.06 bits per heavy atom. The Labute approximate surface area is 114 Å². The Bertz CT molecular complexity index is 353. The van der Waals surface area contributed by atoms with Crippen LogP contribution in [0.1, 0.15) is 5.56 Å². The average Bonchev–Trinajstić information content (AvgIpc) is 2.45. The minimum absolute atomic E-state index is 0.766. The number of thioether (sulfide) groups is 1. The van der Waals surface area contributed by atoms with Gasteiger partial charge in [-0.2, -0.15) is 11.8 Å². The van der Waals surface area contributed by atoms with E-state index in [1.807, 2.05) is 11.8 Å². The van der Waals surface area contributed by atoms with Gasteiger partial charge in [-0.25, -0.2) is 0 Å². The summed E-state index contributed by atoms with van der Waals surface area (Å²) >= 11 is 2.05. The molecule has 1 aliphatic heterocycles. The van der Waals surface area contributed by atoms with Crippen molar-refractivity contribution in [3.05, 3.63) is 29.8 Å². The quantitative estimate of drug-likeness (QED) is 0.796. The Morgan fingerprint density at radius 1 is 1.28 bits per heavy atom. The summed E-state index contributed by atoms with van der Waals surface area (Å²) in [6, 6.07) is 8.71. The molecule has 0 unspecified atom stereocenters. The Hall–Kier alpha value is -0.710. The summed E-state index contributed by atoms with van der Waals surface area (Å²) in [6.07, 6.45) is 0. The Morgan fingerprint density at radius 3 is 2.83 bits per heavy atom. The van der Waals surface area contributed by atoms with E-state index in [0.717, 1.165) is 19.7 Å². The van der Waals surface area contributed by atoms with Gasteiger partial charge in [-0.05, 0) is 11.6 Å². The maximum absolute atomic E-state index is 5.05. The maximum Gasteiger partial charge on any atom is 0.0587 e. The topological polar surface area (TPSA) is 24.5 Å². The molecule has 0 saturated carbocycles. The van der Waals surface area contributed by atoms with Crippen molar-refractivity contribution in [2.45, 2.75) is 6.54 Å². The van der Waals surface area contributed by atoms with Crippen molar-refractivity contribution in [1.82, 2.24) is 5.32 Å². The van der Waals surface area contributed by atoms with Crippen molar-refractivity contribution in [3.63, 3.8) is 0 Å². The van der Waals surface area contributed by atoms with E-state index in [1.165, 1.54) is 35.8 Å². The molecule has 4 heteroatoms. The fourth-order valence-electron chi connectivity index (χ4n) is 2.17. The molecule has 0 spiro atoms. The SMILES string of the molecule is COCCNCc1ccccc1N1CCSCC1. The highest BCUT2D eigenvalue weighted by molar-refractivity contribution is 7.99. The zero-order valence-electron chi connectivity index (χ0n) is 11.0. The standard InChI is InChI=1S/C14H22N2OS/c1-17-9-6-15-12-13-4-2-3-5-14(13)16-7-10-18-11-8-16/h2-5,15H,6-12H2,1H3. The van der Waals surface area contributed by atoms with Gasteiger partial charge in [0.15, 0.2) is 0 Å². The first-order valence-electron chi connectivity index (χ1n) is 6.52. The van der Waals surface area contributed by atoms with Gasteiger partial charge in [0, 0.05) is 50.5 Å². The van der Waals surface area contributed by atoms with E-state index in [2.05, 4.69) is 34.5 Å². The third kappa shape index (κ3) is 3.90. The average molecular weight is 266 g/mol. The minimum Gasteiger partial charge on any atom is -0.383 e. The molecule has 1 aromatic rings. The number of ether oxygens (including phenoxy) is 1. The smallest absolute Gasteiger partial charge is 0.0587 e. The minimum atomic E-state index is 0.766. The molecule has 1 saturated heterocycles. The zero-order chi connectivity index (χ0) is 12.6. The number of methoxy groups -OCH3 is 1. The maximum atomic E-state index is 5.05. The van der Waals surface area contributed by atoms with Crippen LogP contribution in [0.15, 0.2) is 24.3 Å². The van der Waals surface area contributed by atoms with Crippen LogP contribution in [-0.4, -0.2) is 44.9 Å². The van der Waals surface area contributed by atoms with Crippen LogP contribution in [0, 0.1) is 0 Å². The summed E-state index contributed by atoms with van der Waals surface area (Å²) in [5.74, 6) is 2.48. The number of rotatable bonds is 6. The van der Waals surface area contributed by atoms with Crippen LogP contribution in [0.4, 0.5) is 5.69 Å². The number of benzene rings is 1. The molecule has 100 valence electrons. The molecule has 0 atom stereocenters. The van der Waals surface area contributed by atoms with E-state index < -0.39 is 0 Å². The van der Waals surface area contributed by atoms with Crippen LogP contribution in [0.5, 0.6) is 0 Å². The fraction of sp³-hybridized carbons (Fsp3) is 0.571. The van der Waals surface area contributed by atoms with Crippen LogP contribution >= 0.6 is 11.8 Å². The molecule has 1 aliphatic rings. The van der Waals surface area contributed by atoms with E-state index in [1.54, 1.807) is 7.11 Å². The van der Waals surface area contributed by atoms with E-state index in [-0.39, 0.29) is 0 Å². The summed E-state index contributed by atoms with van der Waals surface area (Å²) in [4.78, 5) is 2.50. The molecule has 3 nitrogen and oxygen atoms in total. The van der Waals surface area contributed by atoms with Gasteiger partial charge in [0.05, 0.1) is 6.61 Å². The van der Waals surface area contributed by atoms with Gasteiger partial charge in [0.25, 0.3) is 0 Å². The monoisotopic (exact) mass is 266 g/mol. The highest BCUT2D eigenvalue weighted by Crippen LogP contribution is 2.23. The lowest BCUT2D eigenvalue weighted by Crippen LogP contribution is -2.33. The van der Waals surface area contributed by atoms with Crippen molar-refractivity contribution in [2.24, 2.45) is 0 Å². The number of nitrogens with one attached hydrogen (secondary N) is 1. The molecular weight excluding hydrogens is 244 g/mol. The third-order valence-corrected chi connectivity index (χ3v) is 4.08. The molecule has 1 fully saturated rings. The molecule has 0 aliphatic carbocycles. The molecule has 18 heavy (non-hydrogen) atoms. The Kier molecular flexibility index (Phi) is 5.84. The second kappa shape index (κ2) is 7.67. The summed E-state index contributed by atoms with van der Waals surface area (Å²) in [5.41, 5.74) is 2.78. The predicted octanol–water partition coefficient (Wildman–Crippen LogP) is 1.98. The summed E-state index contributed by atoms with van der Waals surface area (Å²) in [5, 5.41) is 3.43. The number of anilines is 1. The van der Waals surface area contributed by atoms with Crippen LogP contribution in [-0.2, 0) is 11.3 Å². The molecule has 1 heterocycles. The predicted molar refractivity (Wildman–Crippen MR) is 79.6 cm³/mol. The second-order valence-corrected chi connectivity index (χ2v) is 5.62. The molecular formula is C14H22N2OS. The lowest BCUT2D eigenvalue weighted by atomic mass is 10.1. The highest BCUT2D eigenvalue weighted by Gasteiger charge is 2.13. The summed E-state index contributed by atoms with van der Waals surface area (Å²) < 4.78 is 5.05. The van der Waals surface area contributed by atoms with E-state index in [0.29, 0.717) is 0 Å². The molecule has 2 rings (SSSR count). The second-order valence-electron chi connectivity index (χ2n) is 4.40. The van der Waals surface area contributed by atoms with Gasteiger partial charge in [-0.15, -0.1) is 0 Å². The highest BCUT2D eigenvalue weighted by atomic mass is 32.2. The molecule has 1 N–H and O–H groups in total. The first-order valence-corrected chi connectivity index (χ1v) is 7.67. The van der Waals surface area contributed by atoms with Gasteiger partial charge in [0.1, 0.15) is 0 Å². The summed E-state index contributed by atoms with van der Waals surface area (Å²) in [6.45, 7) is 4.92. The molecule has 0 radical (unpaired) electrons. The van der Waals surface area contributed by atoms with Crippen molar-refractivity contribution < 1.29 is 4.74 Å². The lowest BCUT2D eigenvalue weighted by molar-refractivity contribution is 0.199. The Balaban J connectivity index is 1.96. The number of nitrogens with zero attached hydrogens (tertiary/aromatic N) is 1. The molecule has 0 amide bonds. The third-order valence-electron chi connectivity index (χ3n) is 3.14. The number of hydrogen-bond donors (Lipinski definition) is 1. The zero-order valence-corrected chi connectivity index (χ0v) is 11.8. The largest absolute Gasteiger partial charge is 0.383 e. The van der Waals surface area contributed by atoms with Crippen LogP contribution in [0.3, 0.4) is 0 Å². The van der Waals surface area contributed by atoms with E-state index in [4.69, 9.17) is 4.74 Å². The normalized spacial score (nSPS) is 15.9. The van der Waals surface area contributed by atoms with Crippen molar-refractivity contribution in [1.29, 1.82) is 0 Å². The number of hydrogen-bond acceptors (Lipinski definition) is 4.